The van der Waals surface area contributed by atoms with E-state index in [0.717, 1.165) is 34.4 Å². The number of nitrogens with two attached hydrogens (primary N) is 1. The van der Waals surface area contributed by atoms with Crippen molar-refractivity contribution in [3.05, 3.63) is 131 Å². The third-order valence-corrected chi connectivity index (χ3v) is 8.32. The number of likely N-dealkylation sites (N-methyl/N-ethyl adjacent to an activating group) is 2. The molecule has 0 aliphatic rings. The van der Waals surface area contributed by atoms with Crippen molar-refractivity contribution in [2.45, 2.75) is 50.9 Å². The van der Waals surface area contributed by atoms with Gasteiger partial charge in [-0.3, -0.25) is 14.4 Å². The fraction of sp³-hybridized carbons (Fsp3) is 0.289. The summed E-state index contributed by atoms with van der Waals surface area (Å²) < 4.78 is 27.9. The van der Waals surface area contributed by atoms with E-state index in [9.17, 15) is 28.3 Å². The number of aliphatic hydroxyl groups excluding tert-OH is 1. The zero-order chi connectivity index (χ0) is 35.0. The van der Waals surface area contributed by atoms with Crippen molar-refractivity contribution in [3.8, 4) is 11.1 Å². The molecule has 0 aliphatic carbocycles. The van der Waals surface area contributed by atoms with Gasteiger partial charge in [0, 0.05) is 45.1 Å². The largest absolute Gasteiger partial charge is 0.392 e. The van der Waals surface area contributed by atoms with Gasteiger partial charge in [-0.05, 0) is 65.9 Å². The minimum Gasteiger partial charge on any atom is -0.392 e. The number of halogens is 2. The van der Waals surface area contributed by atoms with Crippen molar-refractivity contribution in [2.24, 2.45) is 5.73 Å². The van der Waals surface area contributed by atoms with Crippen LogP contribution in [0.3, 0.4) is 0 Å². The molecule has 0 aliphatic heterocycles. The van der Waals surface area contributed by atoms with E-state index >= 15 is 0 Å². The van der Waals surface area contributed by atoms with E-state index in [2.05, 4.69) is 5.32 Å². The lowest BCUT2D eigenvalue weighted by molar-refractivity contribution is -0.142. The molecule has 4 atom stereocenters. The van der Waals surface area contributed by atoms with Crippen LogP contribution in [0.1, 0.15) is 46.9 Å². The van der Waals surface area contributed by atoms with Crippen LogP contribution in [-0.4, -0.2) is 71.5 Å². The number of benzene rings is 4. The maximum atomic E-state index is 14.4. The molecule has 0 saturated heterocycles. The zero-order valence-corrected chi connectivity index (χ0v) is 27.6. The van der Waals surface area contributed by atoms with Crippen molar-refractivity contribution < 1.29 is 28.3 Å². The second-order valence-electron chi connectivity index (χ2n) is 12.1. The fourth-order valence-corrected chi connectivity index (χ4v) is 5.43. The van der Waals surface area contributed by atoms with Gasteiger partial charge in [0.25, 0.3) is 5.91 Å². The smallest absolute Gasteiger partial charge is 0.254 e. The van der Waals surface area contributed by atoms with E-state index in [1.54, 1.807) is 18.2 Å². The van der Waals surface area contributed by atoms with Crippen LogP contribution in [0.25, 0.3) is 11.1 Å². The molecule has 0 fully saturated rings. The third kappa shape index (κ3) is 9.11. The molecular formula is C38H42F2N4O4. The van der Waals surface area contributed by atoms with Crippen LogP contribution < -0.4 is 11.1 Å². The molecule has 252 valence electrons. The van der Waals surface area contributed by atoms with Crippen LogP contribution in [0.5, 0.6) is 0 Å². The first-order valence-electron chi connectivity index (χ1n) is 15.8. The van der Waals surface area contributed by atoms with Gasteiger partial charge in [0.15, 0.2) is 11.6 Å². The van der Waals surface area contributed by atoms with Gasteiger partial charge in [-0.1, -0.05) is 72.8 Å². The van der Waals surface area contributed by atoms with Crippen molar-refractivity contribution in [1.29, 1.82) is 0 Å². The summed E-state index contributed by atoms with van der Waals surface area (Å²) in [7, 11) is 2.98. The maximum Gasteiger partial charge on any atom is 0.254 e. The maximum absolute atomic E-state index is 14.4. The summed E-state index contributed by atoms with van der Waals surface area (Å²) in [5.41, 5.74) is 10.2. The summed E-state index contributed by atoms with van der Waals surface area (Å²) in [6.45, 7) is 3.23. The number of carbonyl (C=O) groups is 3. The van der Waals surface area contributed by atoms with E-state index in [4.69, 9.17) is 5.73 Å². The molecule has 4 aromatic rings. The standard InChI is InChI=1S/C38H42F2N4O4/c1-24(45)23-42-36(46)34(21-27-15-18-32(39)33(40)19-27)43(3)38(48)35(44(4)37(47)31-12-8-11-30(22-31)25(2)41)20-26-13-16-29(17-14-26)28-9-6-5-7-10-28/h5-19,22,24-25,34-35,45H,20-21,23,41H2,1-4H3,(H,42,46)/t24-,25?,34-,35-/m1/s1. The Morgan fingerprint density at radius 3 is 2.00 bits per heavy atom. The fourth-order valence-electron chi connectivity index (χ4n) is 5.43. The van der Waals surface area contributed by atoms with Crippen molar-refractivity contribution in [1.82, 2.24) is 15.1 Å². The summed E-state index contributed by atoms with van der Waals surface area (Å²) in [5.74, 6) is -3.67. The lowest BCUT2D eigenvalue weighted by Gasteiger charge is -2.35. The highest BCUT2D eigenvalue weighted by molar-refractivity contribution is 5.98. The van der Waals surface area contributed by atoms with Crippen molar-refractivity contribution >= 4 is 17.7 Å². The number of amides is 3. The summed E-state index contributed by atoms with van der Waals surface area (Å²) in [6.07, 6.45) is -0.876. The molecule has 1 unspecified atom stereocenters. The molecule has 48 heavy (non-hydrogen) atoms. The number of nitrogens with zero attached hydrogens (tertiary/aromatic N) is 2. The molecule has 4 N–H and O–H groups in total. The normalized spacial score (nSPS) is 13.6. The Hall–Kier alpha value is -4.93. The molecule has 0 radical (unpaired) electrons. The molecule has 0 saturated carbocycles. The predicted octanol–water partition coefficient (Wildman–Crippen LogP) is 4.90. The highest BCUT2D eigenvalue weighted by atomic mass is 19.2. The molecule has 0 spiro atoms. The lowest BCUT2D eigenvalue weighted by Crippen LogP contribution is -2.56. The molecule has 0 aromatic heterocycles. The Morgan fingerprint density at radius 2 is 1.38 bits per heavy atom. The van der Waals surface area contributed by atoms with Crippen LogP contribution in [0.4, 0.5) is 8.78 Å². The van der Waals surface area contributed by atoms with Gasteiger partial charge >= 0.3 is 0 Å². The molecule has 4 rings (SSSR count). The molecule has 10 heteroatoms. The minimum absolute atomic E-state index is 0.0827. The molecule has 3 amide bonds. The number of nitrogens with one attached hydrogen (secondary N) is 1. The summed E-state index contributed by atoms with van der Waals surface area (Å²) in [4.78, 5) is 44.4. The van der Waals surface area contributed by atoms with Crippen molar-refractivity contribution in [3.63, 3.8) is 0 Å². The summed E-state index contributed by atoms with van der Waals surface area (Å²) in [5, 5.41) is 12.4. The number of carbonyl (C=O) groups excluding carboxylic acids is 3. The first kappa shape index (κ1) is 35.9. The van der Waals surface area contributed by atoms with Gasteiger partial charge in [-0.2, -0.15) is 0 Å². The van der Waals surface area contributed by atoms with Crippen LogP contribution in [0, 0.1) is 11.6 Å². The van der Waals surface area contributed by atoms with E-state index < -0.39 is 47.5 Å². The van der Waals surface area contributed by atoms with E-state index in [1.807, 2.05) is 67.6 Å². The van der Waals surface area contributed by atoms with Crippen LogP contribution in [-0.2, 0) is 22.4 Å². The van der Waals surface area contributed by atoms with E-state index in [1.165, 1.54) is 36.9 Å². The third-order valence-electron chi connectivity index (χ3n) is 8.32. The number of hydrogen-bond acceptors (Lipinski definition) is 5. The second kappa shape index (κ2) is 16.3. The number of hydrogen-bond donors (Lipinski definition) is 3. The molecule has 8 nitrogen and oxygen atoms in total. The van der Waals surface area contributed by atoms with Gasteiger partial charge in [0.2, 0.25) is 11.8 Å². The Balaban J connectivity index is 1.69. The van der Waals surface area contributed by atoms with Gasteiger partial charge in [0.1, 0.15) is 12.1 Å². The Labute approximate surface area is 280 Å². The molecule has 4 aromatic carbocycles. The molecular weight excluding hydrogens is 614 g/mol. The molecule has 0 bridgehead atoms. The first-order valence-corrected chi connectivity index (χ1v) is 15.8. The van der Waals surface area contributed by atoms with Crippen LogP contribution >= 0.6 is 0 Å². The van der Waals surface area contributed by atoms with E-state index in [0.29, 0.717) is 5.56 Å². The monoisotopic (exact) mass is 656 g/mol. The minimum atomic E-state index is -1.17. The summed E-state index contributed by atoms with van der Waals surface area (Å²) >= 11 is 0. The number of rotatable bonds is 13. The Morgan fingerprint density at radius 1 is 0.750 bits per heavy atom. The lowest BCUT2D eigenvalue weighted by atomic mass is 9.97. The van der Waals surface area contributed by atoms with Gasteiger partial charge < -0.3 is 26.0 Å². The second-order valence-corrected chi connectivity index (χ2v) is 12.1. The Bertz CT molecular complexity index is 1710. The average molecular weight is 657 g/mol. The van der Waals surface area contributed by atoms with Gasteiger partial charge in [-0.25, -0.2) is 8.78 Å². The van der Waals surface area contributed by atoms with Crippen LogP contribution in [0.15, 0.2) is 97.1 Å². The zero-order valence-electron chi connectivity index (χ0n) is 27.6. The predicted molar refractivity (Wildman–Crippen MR) is 182 cm³/mol. The van der Waals surface area contributed by atoms with Gasteiger partial charge in [-0.15, -0.1) is 0 Å². The summed E-state index contributed by atoms with van der Waals surface area (Å²) in [6, 6.07) is 25.1. The first-order chi connectivity index (χ1) is 22.8. The SMILES string of the molecule is CC(N)c1cccc(C(=O)N(C)[C@H](Cc2ccc(-c3ccccc3)cc2)C(=O)N(C)[C@H](Cc2ccc(F)c(F)c2)C(=O)NC[C@@H](C)O)c1. The number of aliphatic hydroxyl groups is 1. The highest BCUT2D eigenvalue weighted by Crippen LogP contribution is 2.23. The average Bonchev–Trinajstić information content (AvgIpc) is 3.09. The van der Waals surface area contributed by atoms with Crippen LogP contribution in [0.2, 0.25) is 0 Å². The quantitative estimate of drug-likeness (QED) is 0.189. The molecule has 0 heterocycles. The highest BCUT2D eigenvalue weighted by Gasteiger charge is 2.35. The van der Waals surface area contributed by atoms with Gasteiger partial charge in [0.05, 0.1) is 6.10 Å². The topological polar surface area (TPSA) is 116 Å². The Kier molecular flexibility index (Phi) is 12.2. The van der Waals surface area contributed by atoms with E-state index in [-0.39, 0.29) is 31.0 Å². The van der Waals surface area contributed by atoms with Crippen molar-refractivity contribution in [2.75, 3.05) is 20.6 Å².